The highest BCUT2D eigenvalue weighted by Crippen LogP contribution is 2.18. The molecule has 0 fully saturated rings. The number of nitrogens with zero attached hydrogens (tertiary/aromatic N) is 4. The third kappa shape index (κ3) is 6.47. The monoisotopic (exact) mass is 396 g/mol. The van der Waals surface area contributed by atoms with Crippen molar-refractivity contribution in [1.82, 2.24) is 0 Å². The van der Waals surface area contributed by atoms with Gasteiger partial charge < -0.3 is 20.3 Å². The van der Waals surface area contributed by atoms with Crippen LogP contribution in [0.4, 0.5) is 11.8 Å². The highest BCUT2D eigenvalue weighted by molar-refractivity contribution is 6.08. The summed E-state index contributed by atoms with van der Waals surface area (Å²) < 4.78 is 9.94. The van der Waals surface area contributed by atoms with Gasteiger partial charge in [0.2, 0.25) is 5.96 Å². The highest BCUT2D eigenvalue weighted by atomic mass is 35.5. The van der Waals surface area contributed by atoms with Gasteiger partial charge >= 0.3 is 11.8 Å². The van der Waals surface area contributed by atoms with Crippen LogP contribution in [0.25, 0.3) is 12.2 Å². The lowest BCUT2D eigenvalue weighted by Crippen LogP contribution is -2.22. The molecule has 0 atom stereocenters. The van der Waals surface area contributed by atoms with Crippen LogP contribution >= 0.6 is 12.4 Å². The van der Waals surface area contributed by atoms with Gasteiger partial charge in [-0.1, -0.05) is 0 Å². The fourth-order valence-corrected chi connectivity index (χ4v) is 1.63. The molecular weight excluding hydrogens is 384 g/mol. The number of guanidine groups is 1. The predicted molar refractivity (Wildman–Crippen MR) is 99.3 cm³/mol. The first-order valence-electron chi connectivity index (χ1n) is 6.86. The van der Waals surface area contributed by atoms with Gasteiger partial charge in [0, 0.05) is 0 Å². The van der Waals surface area contributed by atoms with Crippen molar-refractivity contribution < 1.29 is 18.7 Å². The van der Waals surface area contributed by atoms with Crippen LogP contribution < -0.4 is 11.5 Å². The molecule has 0 amide bonds. The smallest absolute Gasteiger partial charge is 0.401 e. The third-order valence-corrected chi connectivity index (χ3v) is 2.70. The Balaban J connectivity index is 0.00000364. The van der Waals surface area contributed by atoms with Gasteiger partial charge in [0.1, 0.15) is 21.4 Å². The Morgan fingerprint density at radius 2 is 1.33 bits per heavy atom. The van der Waals surface area contributed by atoms with Crippen molar-refractivity contribution in [3.8, 4) is 0 Å². The van der Waals surface area contributed by atoms with E-state index in [9.17, 15) is 20.2 Å². The van der Waals surface area contributed by atoms with Crippen LogP contribution in [-0.4, -0.2) is 21.5 Å². The number of hydrogen-bond acceptors (Lipinski definition) is 8. The zero-order valence-corrected chi connectivity index (χ0v) is 14.2. The largest absolute Gasteiger partial charge is 0.433 e. The molecule has 27 heavy (non-hydrogen) atoms. The summed E-state index contributed by atoms with van der Waals surface area (Å²) in [5.74, 6) is -0.699. The molecule has 0 aliphatic carbocycles. The molecular formula is C14H13ClN6O6. The van der Waals surface area contributed by atoms with Crippen molar-refractivity contribution in [3.63, 3.8) is 0 Å². The summed E-state index contributed by atoms with van der Waals surface area (Å²) in [4.78, 5) is 19.8. The van der Waals surface area contributed by atoms with Crippen LogP contribution in [0.1, 0.15) is 11.5 Å². The molecule has 142 valence electrons. The minimum absolute atomic E-state index is 0. The Hall–Kier alpha value is -3.93. The summed E-state index contributed by atoms with van der Waals surface area (Å²) in [7, 11) is 0. The summed E-state index contributed by atoms with van der Waals surface area (Å²) in [6.45, 7) is 0. The van der Waals surface area contributed by atoms with E-state index in [1.54, 1.807) is 0 Å². The molecule has 0 unspecified atom stereocenters. The number of nitrogens with two attached hydrogens (primary N) is 2. The average Bonchev–Trinajstić information content (AvgIpc) is 3.23. The minimum Gasteiger partial charge on any atom is -0.401 e. The van der Waals surface area contributed by atoms with E-state index in [4.69, 9.17) is 20.3 Å². The summed E-state index contributed by atoms with van der Waals surface area (Å²) >= 11 is 0. The van der Waals surface area contributed by atoms with Crippen LogP contribution in [0.3, 0.4) is 0 Å². The van der Waals surface area contributed by atoms with E-state index in [-0.39, 0.29) is 35.6 Å². The fraction of sp³-hybridized carbons (Fsp3) is 0. The van der Waals surface area contributed by atoms with Crippen molar-refractivity contribution in [2.75, 3.05) is 0 Å². The molecule has 2 heterocycles. The number of rotatable bonds is 7. The Labute approximate surface area is 157 Å². The molecule has 12 nitrogen and oxygen atoms in total. The lowest BCUT2D eigenvalue weighted by molar-refractivity contribution is -0.402. The van der Waals surface area contributed by atoms with Gasteiger partial charge in [0.05, 0.1) is 17.8 Å². The molecule has 4 N–H and O–H groups in total. The number of allylic oxidation sites excluding steroid dienone is 2. The molecule has 2 rings (SSSR count). The summed E-state index contributed by atoms with van der Waals surface area (Å²) in [5, 5.41) is 28.4. The maximum Gasteiger partial charge on any atom is 0.433 e. The van der Waals surface area contributed by atoms with Gasteiger partial charge in [-0.2, -0.15) is 0 Å². The van der Waals surface area contributed by atoms with Crippen LogP contribution in [0.2, 0.25) is 0 Å². The molecule has 0 aromatic carbocycles. The third-order valence-electron chi connectivity index (χ3n) is 2.70. The maximum atomic E-state index is 10.6. The van der Waals surface area contributed by atoms with Crippen molar-refractivity contribution in [2.45, 2.75) is 0 Å². The highest BCUT2D eigenvalue weighted by Gasteiger charge is 2.11. The Kier molecular flexibility index (Phi) is 7.45. The number of nitro groups is 2. The van der Waals surface area contributed by atoms with Gasteiger partial charge in [0.15, 0.2) is 0 Å². The molecule has 2 aromatic rings. The Bertz CT molecular complexity index is 873. The van der Waals surface area contributed by atoms with Gasteiger partial charge in [-0.3, -0.25) is 20.2 Å². The molecule has 0 spiro atoms. The number of halogens is 1. The average molecular weight is 397 g/mol. The van der Waals surface area contributed by atoms with Crippen LogP contribution in [0.5, 0.6) is 0 Å². The topological polar surface area (TPSA) is 189 Å². The Morgan fingerprint density at radius 1 is 0.889 bits per heavy atom. The first-order chi connectivity index (χ1) is 12.3. The summed E-state index contributed by atoms with van der Waals surface area (Å²) in [5.41, 5.74) is 10.6. The van der Waals surface area contributed by atoms with Crippen LogP contribution in [0, 0.1) is 20.2 Å². The molecule has 0 aliphatic rings. The second-order valence-corrected chi connectivity index (χ2v) is 4.58. The molecule has 0 saturated carbocycles. The number of hydrogen-bond donors (Lipinski definition) is 2. The van der Waals surface area contributed by atoms with E-state index in [1.807, 2.05) is 0 Å². The standard InChI is InChI=1S/C14H12N6O6.ClH/c15-14(16)18-17-9(1-3-10-5-7-12(25-10)19(21)22)2-4-11-6-8-13(26-11)20(23)24;/h1-8H,(H4,15,16,18);1H/b3-1+,4-2+;. The maximum absolute atomic E-state index is 10.6. The normalized spacial score (nSPS) is 10.5. The lowest BCUT2D eigenvalue weighted by atomic mass is 10.2. The van der Waals surface area contributed by atoms with Crippen LogP contribution in [-0.2, 0) is 0 Å². The van der Waals surface area contributed by atoms with Crippen molar-refractivity contribution in [3.05, 3.63) is 68.2 Å². The van der Waals surface area contributed by atoms with Gasteiger partial charge in [0.25, 0.3) is 0 Å². The van der Waals surface area contributed by atoms with Gasteiger partial charge in [-0.05, 0) is 36.4 Å². The van der Waals surface area contributed by atoms with Crippen molar-refractivity contribution >= 4 is 48.0 Å². The van der Waals surface area contributed by atoms with Crippen molar-refractivity contribution in [1.29, 1.82) is 0 Å². The molecule has 0 bridgehead atoms. The molecule has 0 saturated heterocycles. The SMILES string of the molecule is Cl.NC(N)=NN=C(/C=C/c1ccc([N+](=O)[O-])o1)/C=C/c1ccc([N+](=O)[O-])o1. The lowest BCUT2D eigenvalue weighted by Gasteiger charge is -1.91. The molecule has 0 aliphatic heterocycles. The molecule has 13 heteroatoms. The van der Waals surface area contributed by atoms with Crippen molar-refractivity contribution in [2.24, 2.45) is 21.7 Å². The van der Waals surface area contributed by atoms with Gasteiger partial charge in [-0.25, -0.2) is 0 Å². The first-order valence-corrected chi connectivity index (χ1v) is 6.86. The van der Waals surface area contributed by atoms with E-state index in [1.165, 1.54) is 48.6 Å². The van der Waals surface area contributed by atoms with E-state index < -0.39 is 21.6 Å². The summed E-state index contributed by atoms with van der Waals surface area (Å²) in [6, 6.07) is 5.19. The van der Waals surface area contributed by atoms with Gasteiger partial charge in [-0.15, -0.1) is 22.6 Å². The molecule has 2 aromatic heterocycles. The van der Waals surface area contributed by atoms with E-state index in [2.05, 4.69) is 10.2 Å². The fourth-order valence-electron chi connectivity index (χ4n) is 1.63. The second kappa shape index (κ2) is 9.53. The van der Waals surface area contributed by atoms with Crippen LogP contribution in [0.15, 0.2) is 55.5 Å². The zero-order chi connectivity index (χ0) is 19.1. The van der Waals surface area contributed by atoms with E-state index in [0.717, 1.165) is 0 Å². The summed E-state index contributed by atoms with van der Waals surface area (Å²) in [6.07, 6.45) is 5.65. The van der Waals surface area contributed by atoms with E-state index >= 15 is 0 Å². The minimum atomic E-state index is -0.671. The number of furan rings is 2. The zero-order valence-electron chi connectivity index (χ0n) is 13.4. The quantitative estimate of drug-likeness (QED) is 0.308. The Morgan fingerprint density at radius 3 is 1.67 bits per heavy atom. The molecule has 0 radical (unpaired) electrons. The predicted octanol–water partition coefficient (Wildman–Crippen LogP) is 2.47. The second-order valence-electron chi connectivity index (χ2n) is 4.58. The first kappa shape index (κ1) is 21.1. The van der Waals surface area contributed by atoms with E-state index in [0.29, 0.717) is 0 Å².